The molecule has 1 atom stereocenters. The maximum absolute atomic E-state index is 12.6. The van der Waals surface area contributed by atoms with Gasteiger partial charge in [-0.1, -0.05) is 24.3 Å². The summed E-state index contributed by atoms with van der Waals surface area (Å²) in [5.41, 5.74) is 1.55. The normalized spacial score (nSPS) is 13.8. The third-order valence-electron chi connectivity index (χ3n) is 4.27. The maximum Gasteiger partial charge on any atom is 0.331 e. The fourth-order valence-corrected chi connectivity index (χ4v) is 2.88. The van der Waals surface area contributed by atoms with Gasteiger partial charge < -0.3 is 19.1 Å². The molecule has 1 aliphatic heterocycles. The van der Waals surface area contributed by atoms with Crippen LogP contribution in [0.2, 0.25) is 0 Å². The lowest BCUT2D eigenvalue weighted by molar-refractivity contribution is -0.149. The fraction of sp³-hybridized carbons (Fsp3) is 0.273. The Morgan fingerprint density at radius 3 is 2.54 bits per heavy atom. The summed E-state index contributed by atoms with van der Waals surface area (Å²) in [6.45, 7) is 4.96. The lowest BCUT2D eigenvalue weighted by Crippen LogP contribution is -2.39. The molecular weight excluding hydrogens is 358 g/mol. The van der Waals surface area contributed by atoms with Crippen LogP contribution in [0, 0.1) is 0 Å². The van der Waals surface area contributed by atoms with Crippen molar-refractivity contribution in [2.75, 3.05) is 24.7 Å². The topological polar surface area (TPSA) is 65.1 Å². The van der Waals surface area contributed by atoms with E-state index in [4.69, 9.17) is 14.2 Å². The van der Waals surface area contributed by atoms with Gasteiger partial charge in [0.1, 0.15) is 13.2 Å². The third kappa shape index (κ3) is 4.71. The first-order valence-corrected chi connectivity index (χ1v) is 9.23. The minimum absolute atomic E-state index is 0.269. The van der Waals surface area contributed by atoms with Gasteiger partial charge in [-0.15, -0.1) is 0 Å². The molecule has 146 valence electrons. The Labute approximate surface area is 164 Å². The first-order valence-electron chi connectivity index (χ1n) is 9.23. The van der Waals surface area contributed by atoms with E-state index >= 15 is 0 Å². The Balaban J connectivity index is 1.60. The number of fused-ring (bicyclic) bond motifs is 1. The molecular formula is C22H23NO5. The van der Waals surface area contributed by atoms with Crippen LogP contribution in [-0.2, 0) is 14.3 Å². The van der Waals surface area contributed by atoms with Gasteiger partial charge in [0.2, 0.25) is 0 Å². The highest BCUT2D eigenvalue weighted by atomic mass is 16.6. The first kappa shape index (κ1) is 19.5. The highest BCUT2D eigenvalue weighted by Gasteiger charge is 2.23. The Kier molecular flexibility index (Phi) is 6.32. The molecule has 0 spiro atoms. The van der Waals surface area contributed by atoms with Gasteiger partial charge in [0.05, 0.1) is 0 Å². The average molecular weight is 381 g/mol. The van der Waals surface area contributed by atoms with Crippen LogP contribution in [0.1, 0.15) is 19.4 Å². The number of ether oxygens (including phenoxy) is 3. The fourth-order valence-electron chi connectivity index (χ4n) is 2.88. The molecule has 6 nitrogen and oxygen atoms in total. The highest BCUT2D eigenvalue weighted by molar-refractivity contribution is 5.98. The van der Waals surface area contributed by atoms with Gasteiger partial charge >= 0.3 is 5.97 Å². The van der Waals surface area contributed by atoms with Crippen LogP contribution in [0.25, 0.3) is 6.08 Å². The molecule has 2 aromatic carbocycles. The molecule has 0 N–H and O–H groups in total. The van der Waals surface area contributed by atoms with Crippen LogP contribution in [0.15, 0.2) is 54.6 Å². The van der Waals surface area contributed by atoms with Crippen molar-refractivity contribution in [1.82, 2.24) is 0 Å². The molecule has 6 heteroatoms. The van der Waals surface area contributed by atoms with Crippen LogP contribution >= 0.6 is 0 Å². The molecule has 0 saturated carbocycles. The molecule has 0 unspecified atom stereocenters. The van der Waals surface area contributed by atoms with Gasteiger partial charge in [-0.3, -0.25) is 4.79 Å². The number of nitrogens with zero attached hydrogens (tertiary/aromatic N) is 1. The molecule has 0 aromatic heterocycles. The lowest BCUT2D eigenvalue weighted by atomic mass is 10.2. The summed E-state index contributed by atoms with van der Waals surface area (Å²) in [6.07, 6.45) is 2.03. The number of anilines is 1. The summed E-state index contributed by atoms with van der Waals surface area (Å²) in [5, 5.41) is 0. The van der Waals surface area contributed by atoms with E-state index in [0.29, 0.717) is 31.3 Å². The van der Waals surface area contributed by atoms with Gasteiger partial charge in [-0.2, -0.15) is 0 Å². The van der Waals surface area contributed by atoms with Crippen molar-refractivity contribution in [2.24, 2.45) is 0 Å². The van der Waals surface area contributed by atoms with E-state index in [-0.39, 0.29) is 5.91 Å². The van der Waals surface area contributed by atoms with Crippen molar-refractivity contribution in [3.63, 3.8) is 0 Å². The second-order valence-corrected chi connectivity index (χ2v) is 6.23. The number of para-hydroxylation sites is 1. The van der Waals surface area contributed by atoms with E-state index in [1.54, 1.807) is 30.0 Å². The minimum Gasteiger partial charge on any atom is -0.486 e. The predicted octanol–water partition coefficient (Wildman–Crippen LogP) is 3.46. The molecule has 1 heterocycles. The van der Waals surface area contributed by atoms with Crippen molar-refractivity contribution >= 4 is 23.6 Å². The van der Waals surface area contributed by atoms with Crippen molar-refractivity contribution in [3.05, 3.63) is 60.2 Å². The summed E-state index contributed by atoms with van der Waals surface area (Å²) in [6, 6.07) is 14.7. The quantitative estimate of drug-likeness (QED) is 0.566. The second-order valence-electron chi connectivity index (χ2n) is 6.23. The zero-order valence-corrected chi connectivity index (χ0v) is 16.0. The molecule has 28 heavy (non-hydrogen) atoms. The monoisotopic (exact) mass is 381 g/mol. The van der Waals surface area contributed by atoms with E-state index in [2.05, 4.69) is 0 Å². The molecule has 1 amide bonds. The Bertz CT molecular complexity index is 862. The Morgan fingerprint density at radius 2 is 1.82 bits per heavy atom. The van der Waals surface area contributed by atoms with Crippen LogP contribution in [0.3, 0.4) is 0 Å². The predicted molar refractivity (Wildman–Crippen MR) is 106 cm³/mol. The summed E-state index contributed by atoms with van der Waals surface area (Å²) >= 11 is 0. The number of hydrogen-bond acceptors (Lipinski definition) is 5. The maximum atomic E-state index is 12.6. The summed E-state index contributed by atoms with van der Waals surface area (Å²) in [4.78, 5) is 26.4. The van der Waals surface area contributed by atoms with Gasteiger partial charge in [0.25, 0.3) is 5.91 Å². The Morgan fingerprint density at radius 1 is 1.11 bits per heavy atom. The average Bonchev–Trinajstić information content (AvgIpc) is 2.73. The van der Waals surface area contributed by atoms with Gasteiger partial charge in [0, 0.05) is 18.3 Å². The van der Waals surface area contributed by atoms with E-state index in [1.165, 1.54) is 6.08 Å². The minimum atomic E-state index is -0.891. The Hall–Kier alpha value is -3.28. The van der Waals surface area contributed by atoms with Crippen molar-refractivity contribution in [2.45, 2.75) is 20.0 Å². The summed E-state index contributed by atoms with van der Waals surface area (Å²) in [5.74, 6) is 0.479. The summed E-state index contributed by atoms with van der Waals surface area (Å²) in [7, 11) is 0. The number of carbonyl (C=O) groups is 2. The zero-order chi connectivity index (χ0) is 19.9. The molecule has 0 fully saturated rings. The number of likely N-dealkylation sites (N-methyl/N-ethyl adjacent to an activating group) is 1. The van der Waals surface area contributed by atoms with Crippen LogP contribution in [-0.4, -0.2) is 37.7 Å². The van der Waals surface area contributed by atoms with Crippen LogP contribution < -0.4 is 14.4 Å². The van der Waals surface area contributed by atoms with Gasteiger partial charge in [-0.25, -0.2) is 4.79 Å². The molecule has 0 radical (unpaired) electrons. The van der Waals surface area contributed by atoms with E-state index in [9.17, 15) is 9.59 Å². The smallest absolute Gasteiger partial charge is 0.331 e. The molecule has 1 aliphatic rings. The number of amides is 1. The second kappa shape index (κ2) is 9.08. The van der Waals surface area contributed by atoms with Crippen molar-refractivity contribution < 1.29 is 23.8 Å². The first-order chi connectivity index (χ1) is 13.6. The van der Waals surface area contributed by atoms with Crippen molar-refractivity contribution in [1.29, 1.82) is 0 Å². The van der Waals surface area contributed by atoms with E-state index in [0.717, 1.165) is 11.3 Å². The van der Waals surface area contributed by atoms with Crippen LogP contribution in [0.4, 0.5) is 5.69 Å². The molecule has 0 aliphatic carbocycles. The van der Waals surface area contributed by atoms with Crippen molar-refractivity contribution in [3.8, 4) is 11.5 Å². The molecule has 0 saturated heterocycles. The number of esters is 1. The lowest BCUT2D eigenvalue weighted by Gasteiger charge is -2.24. The third-order valence-corrected chi connectivity index (χ3v) is 4.27. The standard InChI is InChI=1S/C22H23NO5/c1-3-23(18-7-5-4-6-8-18)22(25)16(2)28-21(24)12-10-17-9-11-19-20(15-17)27-14-13-26-19/h4-12,15-16H,3,13-14H2,1-2H3/b12-10+/t16-/m1/s1. The number of hydrogen-bond donors (Lipinski definition) is 0. The molecule has 3 rings (SSSR count). The number of benzene rings is 2. The molecule has 0 bridgehead atoms. The largest absolute Gasteiger partial charge is 0.486 e. The van der Waals surface area contributed by atoms with Crippen LogP contribution in [0.5, 0.6) is 11.5 Å². The summed E-state index contributed by atoms with van der Waals surface area (Å²) < 4.78 is 16.3. The number of rotatable bonds is 6. The van der Waals surface area contributed by atoms with E-state index in [1.807, 2.05) is 43.3 Å². The SMILES string of the molecule is CCN(C(=O)[C@@H](C)OC(=O)/C=C/c1ccc2c(c1)OCCO2)c1ccccc1. The zero-order valence-electron chi connectivity index (χ0n) is 16.0. The number of carbonyl (C=O) groups excluding carboxylic acids is 2. The van der Waals surface area contributed by atoms with Gasteiger partial charge in [0.15, 0.2) is 17.6 Å². The molecule has 2 aromatic rings. The van der Waals surface area contributed by atoms with Gasteiger partial charge in [-0.05, 0) is 49.8 Å². The van der Waals surface area contributed by atoms with E-state index < -0.39 is 12.1 Å². The highest BCUT2D eigenvalue weighted by Crippen LogP contribution is 2.31.